The highest BCUT2D eigenvalue weighted by molar-refractivity contribution is 5.69. The van der Waals surface area contributed by atoms with Crippen LogP contribution < -0.4 is 0 Å². The highest BCUT2D eigenvalue weighted by Gasteiger charge is 2.64. The number of ether oxygens (including phenoxy) is 1. The molecule has 0 saturated heterocycles. The Labute approximate surface area is 345 Å². The number of aliphatic hydroxyl groups is 4. The Bertz CT molecular complexity index is 1440. The highest BCUT2D eigenvalue weighted by atomic mass is 16.5. The summed E-state index contributed by atoms with van der Waals surface area (Å²) >= 11 is 0. The minimum atomic E-state index is -0.677. The summed E-state index contributed by atoms with van der Waals surface area (Å²) in [5, 5.41) is 51.7. The molecule has 0 heterocycles. The van der Waals surface area contributed by atoms with Gasteiger partial charge in [0, 0.05) is 12.8 Å². The van der Waals surface area contributed by atoms with Crippen molar-refractivity contribution in [2.45, 2.75) is 194 Å². The molecule has 5 N–H and O–H groups in total. The number of hydrogen-bond acceptors (Lipinski definition) is 7. The average molecular weight is 799 g/mol. The molecule has 0 aromatic carbocycles. The monoisotopic (exact) mass is 799 g/mol. The molecule has 0 aromatic heterocycles. The van der Waals surface area contributed by atoms with E-state index in [0.717, 1.165) is 64.2 Å². The number of carboxylic acid groups (broad SMARTS) is 1. The van der Waals surface area contributed by atoms with Crippen LogP contribution in [0.3, 0.4) is 0 Å². The highest BCUT2D eigenvalue weighted by Crippen LogP contribution is 2.70. The molecule has 8 aliphatic carbocycles. The smallest absolute Gasteiger partial charge is 0.305 e. The summed E-state index contributed by atoms with van der Waals surface area (Å²) in [6, 6.07) is 0. The summed E-state index contributed by atoms with van der Waals surface area (Å²) < 4.78 is 4.86. The Balaban J connectivity index is 0.000000174. The van der Waals surface area contributed by atoms with Crippen molar-refractivity contribution in [3.63, 3.8) is 0 Å². The molecule has 0 bridgehead atoms. The van der Waals surface area contributed by atoms with Crippen molar-refractivity contribution in [1.29, 1.82) is 0 Å². The van der Waals surface area contributed by atoms with Gasteiger partial charge in [0.1, 0.15) is 0 Å². The molecule has 0 spiro atoms. The zero-order chi connectivity index (χ0) is 41.2. The fourth-order valence-electron chi connectivity index (χ4n) is 17.7. The fraction of sp³-hybridized carbons (Fsp3) is 0.959. The lowest BCUT2D eigenvalue weighted by Crippen LogP contribution is -2.58. The van der Waals surface area contributed by atoms with Crippen LogP contribution in [0, 0.1) is 92.7 Å². The van der Waals surface area contributed by atoms with Gasteiger partial charge in [-0.25, -0.2) is 0 Å². The van der Waals surface area contributed by atoms with Crippen LogP contribution in [0.1, 0.15) is 170 Å². The van der Waals surface area contributed by atoms with Crippen LogP contribution in [0.4, 0.5) is 0 Å². The molecule has 0 aromatic rings. The molecule has 8 heteroatoms. The minimum Gasteiger partial charge on any atom is -0.481 e. The molecule has 8 rings (SSSR count). The predicted molar refractivity (Wildman–Crippen MR) is 222 cm³/mol. The number of methoxy groups -OCH3 is 1. The first kappa shape index (κ1) is 43.9. The van der Waals surface area contributed by atoms with Gasteiger partial charge < -0.3 is 30.3 Å². The van der Waals surface area contributed by atoms with Gasteiger partial charge in [0.25, 0.3) is 0 Å². The van der Waals surface area contributed by atoms with Crippen LogP contribution in [0.2, 0.25) is 0 Å². The van der Waals surface area contributed by atoms with Crippen molar-refractivity contribution in [3.8, 4) is 0 Å². The van der Waals surface area contributed by atoms with Crippen LogP contribution >= 0.6 is 0 Å². The first-order chi connectivity index (χ1) is 26.9. The van der Waals surface area contributed by atoms with Gasteiger partial charge in [-0.1, -0.05) is 41.5 Å². The number of fused-ring (bicyclic) bond motifs is 10. The lowest BCUT2D eigenvalue weighted by atomic mass is 9.43. The molecule has 20 atom stereocenters. The van der Waals surface area contributed by atoms with Crippen LogP contribution in [0.15, 0.2) is 0 Å². The van der Waals surface area contributed by atoms with Gasteiger partial charge in [0.05, 0.1) is 31.5 Å². The van der Waals surface area contributed by atoms with Gasteiger partial charge in [-0.2, -0.15) is 0 Å². The Morgan fingerprint density at radius 1 is 0.544 bits per heavy atom. The van der Waals surface area contributed by atoms with Crippen LogP contribution in [-0.4, -0.2) is 69.0 Å². The summed E-state index contributed by atoms with van der Waals surface area (Å²) in [7, 11) is 1.48. The lowest BCUT2D eigenvalue weighted by Gasteiger charge is -2.62. The van der Waals surface area contributed by atoms with E-state index in [-0.39, 0.29) is 59.5 Å². The molecular weight excluding hydrogens is 717 g/mol. The molecule has 0 aliphatic heterocycles. The van der Waals surface area contributed by atoms with E-state index in [1.807, 2.05) is 0 Å². The zero-order valence-electron chi connectivity index (χ0n) is 36.8. The lowest BCUT2D eigenvalue weighted by molar-refractivity contribution is -0.172. The van der Waals surface area contributed by atoms with Crippen LogP contribution in [-0.2, 0) is 14.3 Å². The molecule has 8 nitrogen and oxygen atoms in total. The molecular formula is C49H82O8. The van der Waals surface area contributed by atoms with Crippen molar-refractivity contribution in [1.82, 2.24) is 0 Å². The number of esters is 1. The van der Waals surface area contributed by atoms with Crippen molar-refractivity contribution in [2.24, 2.45) is 92.7 Å². The first-order valence-corrected chi connectivity index (χ1v) is 23.9. The Morgan fingerprint density at radius 3 is 1.33 bits per heavy atom. The largest absolute Gasteiger partial charge is 0.481 e. The number of rotatable bonds is 8. The van der Waals surface area contributed by atoms with E-state index in [2.05, 4.69) is 41.5 Å². The van der Waals surface area contributed by atoms with Gasteiger partial charge in [-0.05, 0) is 208 Å². The van der Waals surface area contributed by atoms with Gasteiger partial charge >= 0.3 is 11.9 Å². The molecule has 0 radical (unpaired) electrons. The fourth-order valence-corrected chi connectivity index (χ4v) is 17.7. The molecule has 8 saturated carbocycles. The summed E-state index contributed by atoms with van der Waals surface area (Å²) in [5.74, 6) is 6.04. The van der Waals surface area contributed by atoms with Crippen molar-refractivity contribution in [2.75, 3.05) is 7.11 Å². The number of aliphatic hydroxyl groups excluding tert-OH is 4. The quantitative estimate of drug-likeness (QED) is 0.153. The van der Waals surface area contributed by atoms with Gasteiger partial charge in [0.2, 0.25) is 0 Å². The van der Waals surface area contributed by atoms with E-state index in [4.69, 9.17) is 9.84 Å². The maximum absolute atomic E-state index is 11.6. The first-order valence-electron chi connectivity index (χ1n) is 23.9. The minimum absolute atomic E-state index is 0.0888. The summed E-state index contributed by atoms with van der Waals surface area (Å²) in [6.45, 7) is 14.4. The van der Waals surface area contributed by atoms with Gasteiger partial charge in [-0.15, -0.1) is 0 Å². The zero-order valence-corrected chi connectivity index (χ0v) is 36.8. The van der Waals surface area contributed by atoms with E-state index < -0.39 is 5.97 Å². The predicted octanol–water partition coefficient (Wildman–Crippen LogP) is 9.04. The van der Waals surface area contributed by atoms with Crippen molar-refractivity contribution in [3.05, 3.63) is 0 Å². The molecule has 326 valence electrons. The Hall–Kier alpha value is -1.22. The number of carboxylic acids is 1. The average Bonchev–Trinajstić information content (AvgIpc) is 3.71. The van der Waals surface area contributed by atoms with Crippen LogP contribution in [0.25, 0.3) is 0 Å². The normalized spacial score (nSPS) is 50.9. The third kappa shape index (κ3) is 7.70. The Kier molecular flexibility index (Phi) is 12.8. The maximum atomic E-state index is 11.6. The van der Waals surface area contributed by atoms with Crippen molar-refractivity contribution < 1.29 is 39.9 Å². The van der Waals surface area contributed by atoms with E-state index in [1.54, 1.807) is 0 Å². The molecule has 0 unspecified atom stereocenters. The SMILES string of the molecule is COC(=O)CC[C@@H](C)[C@H]1CC[C@H]2[C@@H]3C[C@H](O)[C@@H]4C[C@H](O)CC[C@]4(C)[C@H]3CC[C@]12C.C[C@H](CCC(=O)O)[C@H]1CC[C@H]2[C@@H]3C[C@H](O)[C@@H]4C[C@H](O)CC[C@]4(C)[C@H]3CC[C@]12C. The molecule has 8 aliphatic rings. The molecule has 8 fully saturated rings. The topological polar surface area (TPSA) is 145 Å². The third-order valence-electron chi connectivity index (χ3n) is 20.7. The Morgan fingerprint density at radius 2 is 0.930 bits per heavy atom. The second kappa shape index (κ2) is 16.6. The third-order valence-corrected chi connectivity index (χ3v) is 20.7. The number of carbonyl (C=O) groups excluding carboxylic acids is 1. The number of hydrogen-bond donors (Lipinski definition) is 5. The number of carbonyl (C=O) groups is 2. The molecule has 57 heavy (non-hydrogen) atoms. The van der Waals surface area contributed by atoms with Gasteiger partial charge in [0.15, 0.2) is 0 Å². The van der Waals surface area contributed by atoms with Gasteiger partial charge in [-0.3, -0.25) is 9.59 Å². The summed E-state index contributed by atoms with van der Waals surface area (Å²) in [5.41, 5.74) is 1.01. The van der Waals surface area contributed by atoms with E-state index >= 15 is 0 Å². The number of aliphatic carboxylic acids is 1. The summed E-state index contributed by atoms with van der Waals surface area (Å²) in [4.78, 5) is 22.7. The van der Waals surface area contributed by atoms with Crippen LogP contribution in [0.5, 0.6) is 0 Å². The van der Waals surface area contributed by atoms with E-state index in [0.29, 0.717) is 76.4 Å². The second-order valence-corrected chi connectivity index (χ2v) is 22.9. The molecule has 0 amide bonds. The second-order valence-electron chi connectivity index (χ2n) is 22.9. The van der Waals surface area contributed by atoms with Crippen molar-refractivity contribution >= 4 is 11.9 Å². The van der Waals surface area contributed by atoms with E-state index in [1.165, 1.54) is 58.5 Å². The van der Waals surface area contributed by atoms with E-state index in [9.17, 15) is 30.0 Å². The summed E-state index contributed by atoms with van der Waals surface area (Å²) in [6.07, 6.45) is 18.9. The standard InChI is InChI=1S/C25H42O4.C24H40O4/c1-15(5-8-23(28)29-4)18-6-7-19-17-14-22(27)21-13-16(26)9-11-25(21,3)20(17)10-12-24(18,19)2;1-14(4-7-22(27)28)17-5-6-18-16-13-21(26)20-12-15(25)8-10-24(20,3)19(16)9-11-23(17,18)2/h15-22,26-27H,5-14H2,1-4H3;14-21,25-26H,4-13H2,1-3H3,(H,27,28)/t15-,16-,17+,18-,19+,20+,21+,22+,24-,25-;14-,15-,16+,17-,18+,19+,20+,21+,23-,24-/m11/s1. The maximum Gasteiger partial charge on any atom is 0.305 e.